The van der Waals surface area contributed by atoms with Crippen LogP contribution < -0.4 is 5.32 Å². The second-order valence-corrected chi connectivity index (χ2v) is 11.4. The van der Waals surface area contributed by atoms with Gasteiger partial charge in [-0.15, -0.1) is 0 Å². The molecule has 1 N–H and O–H groups in total. The van der Waals surface area contributed by atoms with Gasteiger partial charge in [0.15, 0.2) is 5.82 Å². The van der Waals surface area contributed by atoms with E-state index >= 15 is 4.39 Å². The molecule has 2 aromatic rings. The molecule has 33 heavy (non-hydrogen) atoms. The van der Waals surface area contributed by atoms with Crippen LogP contribution in [-0.4, -0.2) is 52.8 Å². The van der Waals surface area contributed by atoms with E-state index in [4.69, 9.17) is 21.1 Å². The van der Waals surface area contributed by atoms with Crippen molar-refractivity contribution >= 4 is 78.8 Å². The normalized spacial score (nSPS) is 21.7. The molecule has 2 bridgehead atoms. The quantitative estimate of drug-likeness (QED) is 0.189. The molecule has 0 radical (unpaired) electrons. The molecule has 2 saturated heterocycles. The zero-order chi connectivity index (χ0) is 24.2. The average molecular weight is 655 g/mol. The molecule has 7 nitrogen and oxygen atoms in total. The third-order valence-electron chi connectivity index (χ3n) is 5.79. The number of rotatable bonds is 4. The summed E-state index contributed by atoms with van der Waals surface area (Å²) in [6.07, 6.45) is 0.451. The first-order valence-electron chi connectivity index (χ1n) is 10.5. The number of anilines is 1. The van der Waals surface area contributed by atoms with Gasteiger partial charge in [0.25, 0.3) is 0 Å². The molecule has 3 aliphatic rings. The Morgan fingerprint density at radius 1 is 1.42 bits per heavy atom. The maximum Gasteiger partial charge on any atom is 0.410 e. The van der Waals surface area contributed by atoms with E-state index in [2.05, 4.69) is 26.2 Å². The lowest BCUT2D eigenvalue weighted by atomic mass is 9.79. The third-order valence-corrected chi connectivity index (χ3v) is 8.43. The van der Waals surface area contributed by atoms with Crippen LogP contribution in [0.4, 0.5) is 14.9 Å². The molecule has 1 saturated carbocycles. The first-order chi connectivity index (χ1) is 15.4. The molecule has 178 valence electrons. The molecule has 1 aromatic heterocycles. The van der Waals surface area contributed by atoms with Gasteiger partial charge < -0.3 is 19.7 Å². The van der Waals surface area contributed by atoms with E-state index in [-0.39, 0.29) is 51.4 Å². The number of hydrogen-bond donors (Lipinski definition) is 1. The summed E-state index contributed by atoms with van der Waals surface area (Å²) in [5.41, 5.74) is -0.142. The van der Waals surface area contributed by atoms with Gasteiger partial charge >= 0.3 is 12.1 Å². The number of amides is 1. The van der Waals surface area contributed by atoms with E-state index in [0.717, 1.165) is 6.42 Å². The Morgan fingerprint density at radius 2 is 2.12 bits per heavy atom. The lowest BCUT2D eigenvalue weighted by Crippen LogP contribution is -2.50. The van der Waals surface area contributed by atoms with Gasteiger partial charge in [0.2, 0.25) is 0 Å². The summed E-state index contributed by atoms with van der Waals surface area (Å²) >= 11 is 11.6. The van der Waals surface area contributed by atoms with Crippen LogP contribution in [0.15, 0.2) is 10.5 Å². The Kier molecular flexibility index (Phi) is 6.74. The summed E-state index contributed by atoms with van der Waals surface area (Å²) < 4.78 is 26.7. The van der Waals surface area contributed by atoms with Crippen LogP contribution in [0.5, 0.6) is 0 Å². The number of fused-ring (bicyclic) bond motifs is 2. The minimum atomic E-state index is -0.645. The van der Waals surface area contributed by atoms with Crippen molar-refractivity contribution in [3.05, 3.63) is 30.6 Å². The van der Waals surface area contributed by atoms with Gasteiger partial charge in [0, 0.05) is 21.4 Å². The molecule has 2 aliphatic heterocycles. The smallest absolute Gasteiger partial charge is 0.410 e. The fourth-order valence-electron chi connectivity index (χ4n) is 4.35. The maximum absolute atomic E-state index is 15.0. The molecule has 0 unspecified atom stereocenters. The SMILES string of the molecule is CCOC(=O)c1c(Cl)nc2c(F)c(Br)c(I)cc2c1N[C@H]1[C@@H]2C[C@H]1N(C(=O)OC(C)(C)C)C2. The fraction of sp³-hybridized carbons (Fsp3) is 0.500. The number of benzene rings is 1. The Balaban J connectivity index is 1.75. The predicted octanol–water partition coefficient (Wildman–Crippen LogP) is 5.99. The van der Waals surface area contributed by atoms with Crippen LogP contribution in [0.2, 0.25) is 5.15 Å². The second-order valence-electron chi connectivity index (χ2n) is 9.12. The summed E-state index contributed by atoms with van der Waals surface area (Å²) in [5, 5.41) is 3.67. The molecule has 5 rings (SSSR count). The van der Waals surface area contributed by atoms with Gasteiger partial charge in [0.05, 0.1) is 28.9 Å². The standard InChI is InChI=1S/C22H23BrClFIN3O4/c1-5-32-20(30)13-17(10-7-11(26)14(23)15(25)18(10)28-19(13)24)27-16-9-6-12(16)29(8-9)21(31)33-22(2,3)4/h7,9,12,16H,5-6,8H2,1-4H3,(H,27,28)/t9-,12-,16+/m1/s1. The molecular formula is C22H23BrClFIN3O4. The van der Waals surface area contributed by atoms with Crippen LogP contribution in [0, 0.1) is 15.3 Å². The topological polar surface area (TPSA) is 80.8 Å². The Morgan fingerprint density at radius 3 is 2.76 bits per heavy atom. The number of pyridine rings is 1. The van der Waals surface area contributed by atoms with Gasteiger partial charge in [-0.05, 0) is 78.7 Å². The van der Waals surface area contributed by atoms with Crippen LogP contribution in [0.25, 0.3) is 10.9 Å². The largest absolute Gasteiger partial charge is 0.462 e. The monoisotopic (exact) mass is 653 g/mol. The van der Waals surface area contributed by atoms with Gasteiger partial charge in [0.1, 0.15) is 21.8 Å². The number of carbonyl (C=O) groups excluding carboxylic acids is 2. The molecular weight excluding hydrogens is 632 g/mol. The van der Waals surface area contributed by atoms with Crippen molar-refractivity contribution in [2.75, 3.05) is 18.5 Å². The summed E-state index contributed by atoms with van der Waals surface area (Å²) in [4.78, 5) is 31.3. The van der Waals surface area contributed by atoms with Crippen molar-refractivity contribution in [2.45, 2.75) is 51.8 Å². The van der Waals surface area contributed by atoms with Crippen LogP contribution >= 0.6 is 50.1 Å². The number of halogens is 4. The van der Waals surface area contributed by atoms with Crippen molar-refractivity contribution in [2.24, 2.45) is 5.92 Å². The van der Waals surface area contributed by atoms with Crippen LogP contribution in [0.3, 0.4) is 0 Å². The highest BCUT2D eigenvalue weighted by molar-refractivity contribution is 14.1. The number of esters is 1. The van der Waals surface area contributed by atoms with Gasteiger partial charge in [-0.1, -0.05) is 11.6 Å². The summed E-state index contributed by atoms with van der Waals surface area (Å²) in [6.45, 7) is 7.86. The number of hydrogen-bond acceptors (Lipinski definition) is 6. The van der Waals surface area contributed by atoms with E-state index in [1.807, 2.05) is 43.4 Å². The predicted molar refractivity (Wildman–Crippen MR) is 135 cm³/mol. The number of carbonyl (C=O) groups is 2. The highest BCUT2D eigenvalue weighted by atomic mass is 127. The zero-order valence-electron chi connectivity index (χ0n) is 18.5. The van der Waals surface area contributed by atoms with Gasteiger partial charge in [-0.2, -0.15) is 0 Å². The number of aromatic nitrogens is 1. The van der Waals surface area contributed by atoms with Crippen molar-refractivity contribution in [3.63, 3.8) is 0 Å². The molecule has 1 aromatic carbocycles. The Hall–Kier alpha value is -1.40. The molecule has 1 aliphatic carbocycles. The van der Waals surface area contributed by atoms with Gasteiger partial charge in [-0.25, -0.2) is 19.0 Å². The van der Waals surface area contributed by atoms with Gasteiger partial charge in [-0.3, -0.25) is 0 Å². The minimum absolute atomic E-state index is 0.0403. The summed E-state index contributed by atoms with van der Waals surface area (Å²) in [7, 11) is 0. The average Bonchev–Trinajstić information content (AvgIpc) is 3.30. The molecule has 0 spiro atoms. The molecule has 1 amide bonds. The summed E-state index contributed by atoms with van der Waals surface area (Å²) in [5.74, 6) is -1.04. The fourth-order valence-corrected chi connectivity index (χ4v) is 5.45. The molecule has 11 heteroatoms. The van der Waals surface area contributed by atoms with Crippen molar-refractivity contribution in [3.8, 4) is 0 Å². The van der Waals surface area contributed by atoms with Crippen molar-refractivity contribution < 1.29 is 23.5 Å². The Bertz CT molecular complexity index is 1160. The second kappa shape index (κ2) is 8.99. The lowest BCUT2D eigenvalue weighted by molar-refractivity contribution is 0.0238. The maximum atomic E-state index is 15.0. The number of ether oxygens (including phenoxy) is 2. The van der Waals surface area contributed by atoms with E-state index < -0.39 is 17.4 Å². The molecule has 3 atom stereocenters. The molecule has 3 heterocycles. The zero-order valence-corrected chi connectivity index (χ0v) is 23.0. The highest BCUT2D eigenvalue weighted by Crippen LogP contribution is 2.46. The van der Waals surface area contributed by atoms with Crippen molar-refractivity contribution in [1.29, 1.82) is 0 Å². The van der Waals surface area contributed by atoms with E-state index in [9.17, 15) is 9.59 Å². The van der Waals surface area contributed by atoms with Crippen LogP contribution in [0.1, 0.15) is 44.5 Å². The first kappa shape index (κ1) is 24.7. The van der Waals surface area contributed by atoms with Crippen molar-refractivity contribution in [1.82, 2.24) is 9.88 Å². The number of nitrogens with zero attached hydrogens (tertiary/aromatic N) is 2. The third kappa shape index (κ3) is 4.50. The highest BCUT2D eigenvalue weighted by Gasteiger charge is 2.55. The van der Waals surface area contributed by atoms with Crippen LogP contribution in [-0.2, 0) is 9.47 Å². The van der Waals surface area contributed by atoms with E-state index in [0.29, 0.717) is 21.2 Å². The Labute approximate surface area is 218 Å². The first-order valence-corrected chi connectivity index (χ1v) is 12.8. The molecule has 3 fully saturated rings. The van der Waals surface area contributed by atoms with E-state index in [1.54, 1.807) is 17.9 Å². The number of nitrogens with one attached hydrogen (secondary N) is 1. The minimum Gasteiger partial charge on any atom is -0.462 e. The lowest BCUT2D eigenvalue weighted by Gasteiger charge is -2.38. The van der Waals surface area contributed by atoms with E-state index in [1.165, 1.54) is 0 Å². The summed E-state index contributed by atoms with van der Waals surface area (Å²) in [6, 6.07) is 1.49.